The Hall–Kier alpha value is -2.54. The van der Waals surface area contributed by atoms with Crippen LogP contribution in [0.1, 0.15) is 0 Å². The molecule has 0 aliphatic heterocycles. The predicted molar refractivity (Wildman–Crippen MR) is 77.9 cm³/mol. The van der Waals surface area contributed by atoms with Gasteiger partial charge in [-0.15, -0.1) is 0 Å². The summed E-state index contributed by atoms with van der Waals surface area (Å²) in [6, 6.07) is 9.11. The van der Waals surface area contributed by atoms with E-state index in [9.17, 15) is 15.3 Å². The fraction of sp³-hybridized carbons (Fsp3) is 0. The Kier molecular flexibility index (Phi) is 3.26. The van der Waals surface area contributed by atoms with Crippen LogP contribution in [0.5, 0.6) is 17.2 Å². The monoisotopic (exact) mass is 348 g/mol. The van der Waals surface area contributed by atoms with E-state index in [-0.39, 0.29) is 29.0 Å². The van der Waals surface area contributed by atoms with Gasteiger partial charge in [-0.3, -0.25) is 0 Å². The van der Waals surface area contributed by atoms with Gasteiger partial charge >= 0.3 is 0 Å². The molecule has 0 radical (unpaired) electrons. The van der Waals surface area contributed by atoms with E-state index in [2.05, 4.69) is 26.1 Å². The van der Waals surface area contributed by atoms with Gasteiger partial charge in [0.15, 0.2) is 11.5 Å². The molecule has 0 saturated carbocycles. The zero-order chi connectivity index (χ0) is 15.0. The third-order valence-corrected chi connectivity index (χ3v) is 3.52. The summed E-state index contributed by atoms with van der Waals surface area (Å²) in [5.41, 5.74) is 1.07. The maximum Gasteiger partial charge on any atom is 0.258 e. The van der Waals surface area contributed by atoms with Gasteiger partial charge in [0, 0.05) is 11.1 Å². The van der Waals surface area contributed by atoms with Crippen molar-refractivity contribution in [2.45, 2.75) is 0 Å². The molecule has 1 aromatic heterocycles. The van der Waals surface area contributed by atoms with Crippen molar-refractivity contribution in [2.75, 3.05) is 0 Å². The van der Waals surface area contributed by atoms with E-state index in [0.29, 0.717) is 15.6 Å². The van der Waals surface area contributed by atoms with Gasteiger partial charge in [-0.1, -0.05) is 5.16 Å². The SMILES string of the molecule is Oc1ccc(-c2noc(-c3ccc(Br)c(O)c3)n2)cc1O. The average Bonchev–Trinajstić information content (AvgIpc) is 2.94. The molecule has 0 bridgehead atoms. The van der Waals surface area contributed by atoms with Crippen molar-refractivity contribution in [3.63, 3.8) is 0 Å². The lowest BCUT2D eigenvalue weighted by molar-refractivity contribution is 0.404. The molecule has 3 rings (SSSR count). The molecule has 6 nitrogen and oxygen atoms in total. The summed E-state index contributed by atoms with van der Waals surface area (Å²) in [5, 5.41) is 32.2. The first kappa shape index (κ1) is 13.4. The Morgan fingerprint density at radius 2 is 1.57 bits per heavy atom. The largest absolute Gasteiger partial charge is 0.507 e. The molecule has 0 aliphatic rings. The van der Waals surface area contributed by atoms with Gasteiger partial charge in [0.05, 0.1) is 4.47 Å². The van der Waals surface area contributed by atoms with Crippen molar-refractivity contribution in [1.82, 2.24) is 10.1 Å². The third kappa shape index (κ3) is 2.55. The molecule has 106 valence electrons. The molecule has 2 aromatic carbocycles. The molecule has 0 fully saturated rings. The normalized spacial score (nSPS) is 10.7. The second-order valence-corrected chi connectivity index (χ2v) is 5.15. The van der Waals surface area contributed by atoms with Crippen molar-refractivity contribution in [1.29, 1.82) is 0 Å². The topological polar surface area (TPSA) is 99.6 Å². The third-order valence-electron chi connectivity index (χ3n) is 2.85. The Morgan fingerprint density at radius 1 is 0.857 bits per heavy atom. The lowest BCUT2D eigenvalue weighted by Crippen LogP contribution is -1.82. The summed E-state index contributed by atoms with van der Waals surface area (Å²) in [6.07, 6.45) is 0. The molecular formula is C14H9BrN2O4. The number of phenolic OH excluding ortho intramolecular Hbond substituents is 3. The highest BCUT2D eigenvalue weighted by Crippen LogP contribution is 2.32. The molecule has 1 heterocycles. The van der Waals surface area contributed by atoms with Gasteiger partial charge in [-0.05, 0) is 52.3 Å². The van der Waals surface area contributed by atoms with E-state index in [4.69, 9.17) is 4.52 Å². The first-order chi connectivity index (χ1) is 10.0. The Labute approximate surface area is 127 Å². The summed E-state index contributed by atoms with van der Waals surface area (Å²) in [7, 11) is 0. The van der Waals surface area contributed by atoms with E-state index in [1.807, 2.05) is 0 Å². The molecular weight excluding hydrogens is 340 g/mol. The van der Waals surface area contributed by atoms with Crippen molar-refractivity contribution < 1.29 is 19.8 Å². The molecule has 0 spiro atoms. The van der Waals surface area contributed by atoms with Crippen LogP contribution in [0, 0.1) is 0 Å². The van der Waals surface area contributed by atoms with E-state index in [1.54, 1.807) is 18.2 Å². The van der Waals surface area contributed by atoms with E-state index in [0.717, 1.165) is 0 Å². The van der Waals surface area contributed by atoms with Crippen LogP contribution >= 0.6 is 15.9 Å². The Balaban J connectivity index is 1.99. The van der Waals surface area contributed by atoms with Gasteiger partial charge in [0.1, 0.15) is 5.75 Å². The number of nitrogens with zero attached hydrogens (tertiary/aromatic N) is 2. The number of aromatic nitrogens is 2. The van der Waals surface area contributed by atoms with Crippen LogP contribution < -0.4 is 0 Å². The van der Waals surface area contributed by atoms with Gasteiger partial charge in [0.25, 0.3) is 5.89 Å². The number of hydrogen-bond acceptors (Lipinski definition) is 6. The summed E-state index contributed by atoms with van der Waals surface area (Å²) in [5.74, 6) is 0.0815. The molecule has 0 amide bonds. The number of phenols is 3. The molecule has 21 heavy (non-hydrogen) atoms. The zero-order valence-corrected chi connectivity index (χ0v) is 12.1. The number of aromatic hydroxyl groups is 3. The summed E-state index contributed by atoms with van der Waals surface area (Å²) < 4.78 is 5.70. The molecule has 0 aliphatic carbocycles. The number of rotatable bonds is 2. The summed E-state index contributed by atoms with van der Waals surface area (Å²) >= 11 is 3.19. The zero-order valence-electron chi connectivity index (χ0n) is 10.5. The van der Waals surface area contributed by atoms with Gasteiger partial charge in [0.2, 0.25) is 5.82 Å². The Morgan fingerprint density at radius 3 is 2.29 bits per heavy atom. The fourth-order valence-electron chi connectivity index (χ4n) is 1.77. The van der Waals surface area contributed by atoms with Crippen molar-refractivity contribution >= 4 is 15.9 Å². The highest BCUT2D eigenvalue weighted by Gasteiger charge is 2.13. The molecule has 3 N–H and O–H groups in total. The number of halogens is 1. The van der Waals surface area contributed by atoms with Crippen molar-refractivity contribution in [2.24, 2.45) is 0 Å². The average molecular weight is 349 g/mol. The van der Waals surface area contributed by atoms with E-state index < -0.39 is 0 Å². The van der Waals surface area contributed by atoms with Crippen LogP contribution in [0.25, 0.3) is 22.8 Å². The summed E-state index contributed by atoms with van der Waals surface area (Å²) in [6.45, 7) is 0. The molecule has 3 aromatic rings. The second kappa shape index (κ2) is 5.10. The molecule has 0 unspecified atom stereocenters. The second-order valence-electron chi connectivity index (χ2n) is 4.29. The quantitative estimate of drug-likeness (QED) is 0.614. The maximum atomic E-state index is 9.65. The first-order valence-corrected chi connectivity index (χ1v) is 6.69. The highest BCUT2D eigenvalue weighted by molar-refractivity contribution is 9.10. The first-order valence-electron chi connectivity index (χ1n) is 5.89. The maximum absolute atomic E-state index is 9.65. The van der Waals surface area contributed by atoms with Crippen LogP contribution in [0.15, 0.2) is 45.4 Å². The minimum absolute atomic E-state index is 0.0644. The fourth-order valence-corrected chi connectivity index (χ4v) is 2.01. The summed E-state index contributed by atoms with van der Waals surface area (Å²) in [4.78, 5) is 4.20. The van der Waals surface area contributed by atoms with E-state index in [1.165, 1.54) is 18.2 Å². The molecule has 0 saturated heterocycles. The van der Waals surface area contributed by atoms with E-state index >= 15 is 0 Å². The van der Waals surface area contributed by atoms with Crippen LogP contribution in [0.3, 0.4) is 0 Å². The minimum atomic E-state index is -0.264. The molecule has 0 atom stereocenters. The smallest absolute Gasteiger partial charge is 0.258 e. The predicted octanol–water partition coefficient (Wildman–Crippen LogP) is 3.28. The van der Waals surface area contributed by atoms with Crippen LogP contribution in [-0.4, -0.2) is 25.5 Å². The van der Waals surface area contributed by atoms with Crippen molar-refractivity contribution in [3.05, 3.63) is 40.9 Å². The lowest BCUT2D eigenvalue weighted by atomic mass is 10.2. The van der Waals surface area contributed by atoms with Crippen LogP contribution in [0.4, 0.5) is 0 Å². The number of benzene rings is 2. The van der Waals surface area contributed by atoms with Gasteiger partial charge < -0.3 is 19.8 Å². The number of hydrogen-bond donors (Lipinski definition) is 3. The van der Waals surface area contributed by atoms with Crippen molar-refractivity contribution in [3.8, 4) is 40.1 Å². The van der Waals surface area contributed by atoms with Gasteiger partial charge in [-0.25, -0.2) is 0 Å². The van der Waals surface area contributed by atoms with Crippen LogP contribution in [-0.2, 0) is 0 Å². The van der Waals surface area contributed by atoms with Crippen LogP contribution in [0.2, 0.25) is 0 Å². The highest BCUT2D eigenvalue weighted by atomic mass is 79.9. The Bertz CT molecular complexity index is 750. The van der Waals surface area contributed by atoms with Gasteiger partial charge in [-0.2, -0.15) is 4.98 Å². The molecule has 7 heteroatoms. The lowest BCUT2D eigenvalue weighted by Gasteiger charge is -1.99. The standard InChI is InChI=1S/C14H9BrN2O4/c15-9-3-1-8(6-11(9)19)14-16-13(17-21-14)7-2-4-10(18)12(20)5-7/h1-6,18-20H. The minimum Gasteiger partial charge on any atom is -0.507 e.